The molecule has 9 aliphatic rings. The third kappa shape index (κ3) is 9.80. The van der Waals surface area contributed by atoms with Gasteiger partial charge in [-0.2, -0.15) is 0 Å². The summed E-state index contributed by atoms with van der Waals surface area (Å²) < 4.78 is 48.9. The van der Waals surface area contributed by atoms with E-state index < -0.39 is 172 Å². The molecule has 442 valence electrons. The topological polar surface area (TPSA) is 374 Å². The van der Waals surface area contributed by atoms with Gasteiger partial charge in [0.2, 0.25) is 6.29 Å². The molecule has 0 spiro atoms. The lowest BCUT2D eigenvalue weighted by atomic mass is 9.33. The van der Waals surface area contributed by atoms with Gasteiger partial charge in [-0.05, 0) is 109 Å². The zero-order chi connectivity index (χ0) is 56.3. The molecule has 0 aromatic rings. The average Bonchev–Trinajstić information content (AvgIpc) is 3.55. The van der Waals surface area contributed by atoms with E-state index in [0.717, 1.165) is 32.1 Å². The minimum absolute atomic E-state index is 0.0454. The molecular formula is C54H88O23. The molecule has 77 heavy (non-hydrogen) atoms. The summed E-state index contributed by atoms with van der Waals surface area (Å²) in [5.74, 6) is -0.507. The molecule has 9 rings (SSSR count). The van der Waals surface area contributed by atoms with Crippen LogP contribution in [-0.2, 0) is 42.7 Å². The smallest absolute Gasteiger partial charge is 0.315 e. The molecule has 7 unspecified atom stereocenters. The van der Waals surface area contributed by atoms with Crippen LogP contribution in [0.25, 0.3) is 0 Å². The summed E-state index contributed by atoms with van der Waals surface area (Å²) in [6.45, 7) is 12.8. The van der Waals surface area contributed by atoms with Crippen LogP contribution in [0.5, 0.6) is 0 Å². The summed E-state index contributed by atoms with van der Waals surface area (Å²) in [5, 5.41) is 149. The summed E-state index contributed by atoms with van der Waals surface area (Å²) in [6.07, 6.45) is -25.0. The Bertz CT molecular complexity index is 2110. The number of fused-ring (bicyclic) bond motifs is 7. The molecule has 0 aromatic carbocycles. The SMILES string of the molecule is CC1(C)CCC2(C(=O)O[C@@H]3O[C@H](CO)[C@@H](O)[C@@H](O)[C@H]3O)CC[C@]3(C)C(=CCC4C5(C)CCC(O[C@@H]6O[C@H](CO)[C@@H](O)[C@@H](O[C@@H]7O[C@H](CO)[C@@H](O)[C@@H](O)[C@H]7O)[C@H]6O[C@@H]6O[C@H](CO)[C@@H](O)[C@@H](O)[C@H]6O)C(C)(C)C5CCC43C)C2C1. The van der Waals surface area contributed by atoms with Crippen LogP contribution < -0.4 is 0 Å². The summed E-state index contributed by atoms with van der Waals surface area (Å²) in [5.41, 5.74) is -1.27. The molecule has 4 heterocycles. The lowest BCUT2D eigenvalue weighted by Crippen LogP contribution is -2.68. The first kappa shape index (κ1) is 60.0. The Hall–Kier alpha value is -1.63. The van der Waals surface area contributed by atoms with Gasteiger partial charge >= 0.3 is 5.97 Å². The number of hydrogen-bond donors (Lipinski definition) is 14. The first-order valence-corrected chi connectivity index (χ1v) is 27.8. The van der Waals surface area contributed by atoms with Crippen LogP contribution in [0.1, 0.15) is 113 Å². The van der Waals surface area contributed by atoms with E-state index in [1.54, 1.807) is 0 Å². The van der Waals surface area contributed by atoms with Gasteiger partial charge in [0, 0.05) is 0 Å². The zero-order valence-corrected chi connectivity index (χ0v) is 45.3. The number of carbonyl (C=O) groups excluding carboxylic acids is 1. The summed E-state index contributed by atoms with van der Waals surface area (Å²) in [7, 11) is 0. The maximum atomic E-state index is 14.8. The van der Waals surface area contributed by atoms with Gasteiger partial charge in [0.25, 0.3) is 0 Å². The van der Waals surface area contributed by atoms with Crippen molar-refractivity contribution in [3.05, 3.63) is 11.6 Å². The van der Waals surface area contributed by atoms with Crippen LogP contribution in [0.3, 0.4) is 0 Å². The van der Waals surface area contributed by atoms with E-state index in [0.29, 0.717) is 32.1 Å². The monoisotopic (exact) mass is 1100 g/mol. The van der Waals surface area contributed by atoms with Gasteiger partial charge in [-0.25, -0.2) is 0 Å². The van der Waals surface area contributed by atoms with Crippen LogP contribution >= 0.6 is 0 Å². The minimum Gasteiger partial charge on any atom is -0.432 e. The first-order chi connectivity index (χ1) is 36.1. The maximum absolute atomic E-state index is 14.8. The van der Waals surface area contributed by atoms with E-state index >= 15 is 0 Å². The van der Waals surface area contributed by atoms with Crippen LogP contribution in [0.2, 0.25) is 0 Å². The number of ether oxygens (including phenoxy) is 8. The lowest BCUT2D eigenvalue weighted by molar-refractivity contribution is -0.399. The normalized spacial score (nSPS) is 53.4. The van der Waals surface area contributed by atoms with Crippen molar-refractivity contribution in [2.75, 3.05) is 26.4 Å². The van der Waals surface area contributed by atoms with E-state index in [4.69, 9.17) is 37.9 Å². The van der Waals surface area contributed by atoms with Crippen LogP contribution in [-0.4, -0.2) is 233 Å². The summed E-state index contributed by atoms with van der Waals surface area (Å²) in [6, 6.07) is 0. The molecule has 23 heteroatoms. The second kappa shape index (κ2) is 21.8. The Kier molecular flexibility index (Phi) is 17.0. The highest BCUT2D eigenvalue weighted by atomic mass is 16.8. The predicted molar refractivity (Wildman–Crippen MR) is 263 cm³/mol. The third-order valence-electron chi connectivity index (χ3n) is 21.4. The van der Waals surface area contributed by atoms with E-state index in [2.05, 4.69) is 54.5 Å². The molecule has 0 radical (unpaired) electrons. The lowest BCUT2D eigenvalue weighted by Gasteiger charge is -2.71. The number of esters is 1. The minimum atomic E-state index is -1.94. The van der Waals surface area contributed by atoms with E-state index in [9.17, 15) is 76.3 Å². The van der Waals surface area contributed by atoms with Crippen molar-refractivity contribution in [1.29, 1.82) is 0 Å². The van der Waals surface area contributed by atoms with Gasteiger partial charge < -0.3 is 109 Å². The first-order valence-electron chi connectivity index (χ1n) is 27.8. The van der Waals surface area contributed by atoms with Crippen molar-refractivity contribution in [3.8, 4) is 0 Å². The molecule has 4 saturated heterocycles. The molecule has 28 atom stereocenters. The number of rotatable bonds is 12. The van der Waals surface area contributed by atoms with Crippen molar-refractivity contribution in [1.82, 2.24) is 0 Å². The fourth-order valence-electron chi connectivity index (χ4n) is 16.5. The molecule has 5 aliphatic carbocycles. The maximum Gasteiger partial charge on any atom is 0.315 e. The molecule has 0 bridgehead atoms. The van der Waals surface area contributed by atoms with Gasteiger partial charge in [0.1, 0.15) is 97.7 Å². The molecular weight excluding hydrogens is 1020 g/mol. The van der Waals surface area contributed by atoms with Gasteiger partial charge in [-0.15, -0.1) is 0 Å². The number of allylic oxidation sites excluding steroid dienone is 2. The largest absolute Gasteiger partial charge is 0.432 e. The number of aliphatic hydroxyl groups is 14. The second-order valence-corrected chi connectivity index (χ2v) is 26.3. The third-order valence-corrected chi connectivity index (χ3v) is 21.4. The predicted octanol–water partition coefficient (Wildman–Crippen LogP) is -2.04. The van der Waals surface area contributed by atoms with Gasteiger partial charge in [0.05, 0.1) is 37.9 Å². The van der Waals surface area contributed by atoms with Gasteiger partial charge in [-0.1, -0.05) is 60.1 Å². The molecule has 14 N–H and O–H groups in total. The quantitative estimate of drug-likeness (QED) is 0.0569. The van der Waals surface area contributed by atoms with Gasteiger partial charge in [0.15, 0.2) is 18.9 Å². The summed E-state index contributed by atoms with van der Waals surface area (Å²) >= 11 is 0. The Morgan fingerprint density at radius 1 is 0.519 bits per heavy atom. The van der Waals surface area contributed by atoms with Crippen molar-refractivity contribution in [2.45, 2.75) is 242 Å². The van der Waals surface area contributed by atoms with Crippen molar-refractivity contribution in [3.63, 3.8) is 0 Å². The molecule has 8 fully saturated rings. The van der Waals surface area contributed by atoms with Crippen molar-refractivity contribution in [2.24, 2.45) is 50.2 Å². The standard InChI is InChI=1S/C54H88O23/c1-49(2)14-16-54(48(69)77-46-41(68)38(65)34(61)27(21-57)72-46)17-15-52(6)23(24(54)18-49)8-9-30-51(5)12-11-31(50(3,4)29(51)10-13-53(30,52)7)74-47-43(76-45-40(67)37(64)33(60)26(20-56)71-45)42(35(62)28(22-58)73-47)75-44-39(66)36(63)32(59)25(19-55)70-44/h8,24-47,55-68H,9-22H2,1-7H3/t24?,25-,26-,27-,28-,29?,30?,31?,32-,33-,34-,35-,36-,37-,38-,39-,40-,41-,42-,43-,44+,45+,46+,47+,51?,52-,53?,54?/m1/s1. The molecule has 4 saturated carbocycles. The van der Waals surface area contributed by atoms with Crippen LogP contribution in [0.4, 0.5) is 0 Å². The molecule has 0 aromatic heterocycles. The van der Waals surface area contributed by atoms with Crippen LogP contribution in [0, 0.1) is 50.2 Å². The Morgan fingerprint density at radius 3 is 1.55 bits per heavy atom. The molecule has 4 aliphatic heterocycles. The highest BCUT2D eigenvalue weighted by Gasteiger charge is 2.70. The number of aliphatic hydroxyl groups excluding tert-OH is 14. The van der Waals surface area contributed by atoms with Crippen LogP contribution in [0.15, 0.2) is 11.6 Å². The van der Waals surface area contributed by atoms with Crippen molar-refractivity contribution >= 4 is 5.97 Å². The highest BCUT2D eigenvalue weighted by molar-refractivity contribution is 5.79. The zero-order valence-electron chi connectivity index (χ0n) is 45.3. The molecule has 23 nitrogen and oxygen atoms in total. The van der Waals surface area contributed by atoms with E-state index in [-0.39, 0.29) is 39.4 Å². The fourth-order valence-corrected chi connectivity index (χ4v) is 16.5. The van der Waals surface area contributed by atoms with E-state index in [1.165, 1.54) is 5.57 Å². The Morgan fingerprint density at radius 2 is 1.00 bits per heavy atom. The summed E-state index contributed by atoms with van der Waals surface area (Å²) in [4.78, 5) is 14.8. The van der Waals surface area contributed by atoms with Gasteiger partial charge in [-0.3, -0.25) is 4.79 Å². The highest BCUT2D eigenvalue weighted by Crippen LogP contribution is 2.76. The average molecular weight is 1110 g/mol. The number of carbonyl (C=O) groups is 1. The fraction of sp³-hybridized carbons (Fsp3) is 0.944. The van der Waals surface area contributed by atoms with Crippen molar-refractivity contribution < 1.29 is 114 Å². The Labute approximate surface area is 449 Å². The molecule has 0 amide bonds. The Balaban J connectivity index is 0.995. The second-order valence-electron chi connectivity index (χ2n) is 26.3. The van der Waals surface area contributed by atoms with E-state index in [1.807, 2.05) is 0 Å². The number of hydrogen-bond acceptors (Lipinski definition) is 23.